The second-order valence-electron chi connectivity index (χ2n) is 6.26. The number of halogens is 3. The van der Waals surface area contributed by atoms with Crippen LogP contribution >= 0.6 is 0 Å². The van der Waals surface area contributed by atoms with Gasteiger partial charge in [0.25, 0.3) is 10.0 Å². The lowest BCUT2D eigenvalue weighted by atomic mass is 9.96. The van der Waals surface area contributed by atoms with E-state index in [2.05, 4.69) is 5.10 Å². The van der Waals surface area contributed by atoms with Gasteiger partial charge in [-0.25, -0.2) is 13.1 Å². The maximum atomic E-state index is 12.4. The van der Waals surface area contributed by atoms with Gasteiger partial charge in [-0.1, -0.05) is 0 Å². The summed E-state index contributed by atoms with van der Waals surface area (Å²) in [7, 11) is -2.47. The Balaban J connectivity index is 2.01. The van der Waals surface area contributed by atoms with Crippen LogP contribution in [-0.2, 0) is 21.9 Å². The lowest BCUT2D eigenvalue weighted by molar-refractivity contribution is -0.149. The van der Waals surface area contributed by atoms with Crippen LogP contribution in [0.5, 0.6) is 0 Å². The Morgan fingerprint density at radius 3 is 2.28 bits per heavy atom. The van der Waals surface area contributed by atoms with E-state index >= 15 is 0 Å². The van der Waals surface area contributed by atoms with E-state index in [1.54, 1.807) is 14.0 Å². The number of rotatable bonds is 4. The van der Waals surface area contributed by atoms with Crippen LogP contribution in [-0.4, -0.2) is 54.8 Å². The van der Waals surface area contributed by atoms with Crippen molar-refractivity contribution in [1.29, 1.82) is 0 Å². The number of hydrogen-bond donors (Lipinski definition) is 1. The van der Waals surface area contributed by atoms with Crippen molar-refractivity contribution >= 4 is 15.9 Å². The van der Waals surface area contributed by atoms with E-state index in [9.17, 15) is 26.4 Å². The van der Waals surface area contributed by atoms with E-state index in [-0.39, 0.29) is 36.5 Å². The largest absolute Gasteiger partial charge is 0.401 e. The number of alkyl halides is 3. The van der Waals surface area contributed by atoms with Crippen molar-refractivity contribution in [2.24, 2.45) is 13.0 Å². The minimum Gasteiger partial charge on any atom is -0.295 e. The molecule has 0 aliphatic carbocycles. The molecule has 2 heterocycles. The van der Waals surface area contributed by atoms with Crippen molar-refractivity contribution in [2.75, 3.05) is 19.6 Å². The van der Waals surface area contributed by atoms with Gasteiger partial charge in [-0.3, -0.25) is 14.4 Å². The summed E-state index contributed by atoms with van der Waals surface area (Å²) in [5.41, 5.74) is 0.679. The van der Waals surface area contributed by atoms with E-state index in [1.807, 2.05) is 4.72 Å². The van der Waals surface area contributed by atoms with Gasteiger partial charge in [0.2, 0.25) is 5.91 Å². The molecule has 1 saturated heterocycles. The van der Waals surface area contributed by atoms with Gasteiger partial charge in [-0.2, -0.15) is 18.3 Å². The highest BCUT2D eigenvalue weighted by Crippen LogP contribution is 2.24. The Labute approximate surface area is 144 Å². The van der Waals surface area contributed by atoms with Gasteiger partial charge < -0.3 is 0 Å². The maximum absolute atomic E-state index is 12.4. The summed E-state index contributed by atoms with van der Waals surface area (Å²) < 4.78 is 65.5. The fourth-order valence-corrected chi connectivity index (χ4v) is 4.50. The quantitative estimate of drug-likeness (QED) is 0.844. The third-order valence-electron chi connectivity index (χ3n) is 4.31. The summed E-state index contributed by atoms with van der Waals surface area (Å²) in [6, 6.07) is 0. The lowest BCUT2D eigenvalue weighted by Gasteiger charge is -2.31. The molecular weight excluding hydrogens is 361 g/mol. The number of sulfonamides is 1. The van der Waals surface area contributed by atoms with Crippen LogP contribution in [0.4, 0.5) is 13.2 Å². The molecule has 1 aliphatic heterocycles. The number of nitrogens with zero attached hydrogens (tertiary/aromatic N) is 3. The number of nitrogens with one attached hydrogen (secondary N) is 1. The van der Waals surface area contributed by atoms with Crippen LogP contribution in [0.3, 0.4) is 0 Å². The molecule has 0 spiro atoms. The zero-order valence-electron chi connectivity index (χ0n) is 14.2. The SMILES string of the molecule is Cc1nn(C)c(C)c1S(=O)(=O)NC(=O)C1CCN(CC(F)(F)F)CC1. The molecule has 0 saturated carbocycles. The normalized spacial score (nSPS) is 17.7. The molecule has 1 aromatic rings. The second kappa shape index (κ2) is 6.94. The maximum Gasteiger partial charge on any atom is 0.401 e. The number of hydrogen-bond acceptors (Lipinski definition) is 5. The van der Waals surface area contributed by atoms with Crippen LogP contribution in [0.15, 0.2) is 4.90 Å². The van der Waals surface area contributed by atoms with Crippen LogP contribution < -0.4 is 4.72 Å². The zero-order valence-corrected chi connectivity index (χ0v) is 15.0. The molecule has 1 aliphatic rings. The summed E-state index contributed by atoms with van der Waals surface area (Å²) in [5.74, 6) is -1.31. The fraction of sp³-hybridized carbons (Fsp3) is 0.714. The second-order valence-corrected chi connectivity index (χ2v) is 7.88. The Morgan fingerprint density at radius 2 is 1.84 bits per heavy atom. The monoisotopic (exact) mass is 382 g/mol. The predicted octanol–water partition coefficient (Wildman–Crippen LogP) is 1.12. The molecule has 7 nitrogen and oxygen atoms in total. The first kappa shape index (κ1) is 19.7. The van der Waals surface area contributed by atoms with E-state index in [4.69, 9.17) is 0 Å². The third kappa shape index (κ3) is 4.72. The Morgan fingerprint density at radius 1 is 1.28 bits per heavy atom. The minimum absolute atomic E-state index is 0.0437. The zero-order chi connectivity index (χ0) is 19.0. The molecule has 142 valence electrons. The van der Waals surface area contributed by atoms with E-state index < -0.39 is 34.6 Å². The van der Waals surface area contributed by atoms with E-state index in [0.717, 1.165) is 0 Å². The Bertz CT molecular complexity index is 750. The minimum atomic E-state index is -4.28. The van der Waals surface area contributed by atoms with Gasteiger partial charge >= 0.3 is 6.18 Å². The molecule has 0 aromatic carbocycles. The van der Waals surface area contributed by atoms with Crippen molar-refractivity contribution in [1.82, 2.24) is 19.4 Å². The van der Waals surface area contributed by atoms with Crippen molar-refractivity contribution in [3.05, 3.63) is 11.4 Å². The molecule has 1 amide bonds. The molecule has 0 bridgehead atoms. The molecule has 2 rings (SSSR count). The number of likely N-dealkylation sites (tertiary alicyclic amines) is 1. The van der Waals surface area contributed by atoms with Gasteiger partial charge in [0.1, 0.15) is 4.90 Å². The van der Waals surface area contributed by atoms with Crippen LogP contribution in [0.25, 0.3) is 0 Å². The highest BCUT2D eigenvalue weighted by atomic mass is 32.2. The number of carbonyl (C=O) groups is 1. The average Bonchev–Trinajstić information content (AvgIpc) is 2.71. The summed E-state index contributed by atoms with van der Waals surface area (Å²) in [6.45, 7) is 2.29. The number of aryl methyl sites for hydroxylation is 2. The van der Waals surface area contributed by atoms with E-state index in [1.165, 1.54) is 16.5 Å². The summed E-state index contributed by atoms with van der Waals surface area (Å²) in [6.07, 6.45) is -3.92. The van der Waals surface area contributed by atoms with Crippen molar-refractivity contribution in [3.63, 3.8) is 0 Å². The summed E-state index contributed by atoms with van der Waals surface area (Å²) in [5, 5.41) is 4.01. The third-order valence-corrected chi connectivity index (χ3v) is 5.91. The van der Waals surface area contributed by atoms with Gasteiger partial charge in [-0.15, -0.1) is 0 Å². The lowest BCUT2D eigenvalue weighted by Crippen LogP contribution is -2.44. The van der Waals surface area contributed by atoms with Gasteiger partial charge in [0.05, 0.1) is 17.9 Å². The van der Waals surface area contributed by atoms with Crippen LogP contribution in [0.2, 0.25) is 0 Å². The molecule has 1 fully saturated rings. The highest BCUT2D eigenvalue weighted by Gasteiger charge is 2.35. The van der Waals surface area contributed by atoms with Crippen molar-refractivity contribution in [2.45, 2.75) is 37.8 Å². The molecular formula is C14H21F3N4O3S. The van der Waals surface area contributed by atoms with E-state index in [0.29, 0.717) is 5.69 Å². The molecule has 0 unspecified atom stereocenters. The summed E-state index contributed by atoms with van der Waals surface area (Å²) >= 11 is 0. The van der Waals surface area contributed by atoms with Crippen molar-refractivity contribution in [3.8, 4) is 0 Å². The molecule has 0 atom stereocenters. The standard InChI is InChI=1S/C14H21F3N4O3S/c1-9-12(10(2)20(3)18-9)25(23,24)19-13(22)11-4-6-21(7-5-11)8-14(15,16)17/h11H,4-8H2,1-3H3,(H,19,22). The average molecular weight is 382 g/mol. The fourth-order valence-electron chi connectivity index (χ4n) is 3.02. The summed E-state index contributed by atoms with van der Waals surface area (Å²) in [4.78, 5) is 13.4. The Hall–Kier alpha value is -1.62. The van der Waals surface area contributed by atoms with Gasteiger partial charge in [-0.05, 0) is 39.8 Å². The molecule has 1 N–H and O–H groups in total. The highest BCUT2D eigenvalue weighted by molar-refractivity contribution is 7.90. The van der Waals surface area contributed by atoms with Crippen LogP contribution in [0.1, 0.15) is 24.2 Å². The topological polar surface area (TPSA) is 84.3 Å². The van der Waals surface area contributed by atoms with Crippen LogP contribution in [0, 0.1) is 19.8 Å². The number of carbonyl (C=O) groups excluding carboxylic acids is 1. The molecule has 11 heteroatoms. The number of amides is 1. The number of piperidine rings is 1. The first-order valence-electron chi connectivity index (χ1n) is 7.76. The molecule has 1 aromatic heterocycles. The first-order valence-corrected chi connectivity index (χ1v) is 9.25. The smallest absolute Gasteiger partial charge is 0.295 e. The first-order chi connectivity index (χ1) is 11.4. The molecule has 0 radical (unpaired) electrons. The van der Waals surface area contributed by atoms with Gasteiger partial charge in [0.15, 0.2) is 0 Å². The number of aromatic nitrogens is 2. The van der Waals surface area contributed by atoms with Gasteiger partial charge in [0, 0.05) is 13.0 Å². The molecule has 25 heavy (non-hydrogen) atoms. The Kier molecular flexibility index (Phi) is 5.47. The predicted molar refractivity (Wildman–Crippen MR) is 83.2 cm³/mol. The van der Waals surface area contributed by atoms with Crippen molar-refractivity contribution < 1.29 is 26.4 Å².